The smallest absolute Gasteiger partial charge is 0.174 e. The minimum Gasteiger partial charge on any atom is -1.00 e. The van der Waals surface area contributed by atoms with Crippen LogP contribution in [0.5, 0.6) is 0 Å². The van der Waals surface area contributed by atoms with Crippen LogP contribution >= 0.6 is 0 Å². The summed E-state index contributed by atoms with van der Waals surface area (Å²) in [5.74, 6) is 0. The molecule has 0 amide bonds. The zero-order valence-electron chi connectivity index (χ0n) is 9.57. The number of hydrogen-bond acceptors (Lipinski definition) is 0. The zero-order chi connectivity index (χ0) is 11.2. The van der Waals surface area contributed by atoms with Crippen LogP contribution < -0.4 is 22.0 Å². The first-order valence-corrected chi connectivity index (χ1v) is 5.72. The van der Waals surface area contributed by atoms with Crippen LogP contribution in [0.15, 0.2) is 54.9 Å². The van der Waals surface area contributed by atoms with Crippen molar-refractivity contribution in [2.45, 2.75) is 0 Å². The predicted molar refractivity (Wildman–Crippen MR) is 69.9 cm³/mol. The number of halogens is 1. The van der Waals surface area contributed by atoms with Crippen LogP contribution in [-0.2, 0) is 0 Å². The lowest BCUT2D eigenvalue weighted by Crippen LogP contribution is -3.00. The van der Waals surface area contributed by atoms with Crippen LogP contribution in [0.4, 0.5) is 0 Å². The minimum absolute atomic E-state index is 0. The Bertz CT molecular complexity index is 843. The molecule has 0 atom stereocenters. The van der Waals surface area contributed by atoms with E-state index in [-0.39, 0.29) is 17.0 Å². The van der Waals surface area contributed by atoms with Gasteiger partial charge in [0.15, 0.2) is 12.4 Å². The summed E-state index contributed by atoms with van der Waals surface area (Å²) in [4.78, 5) is 6.59. The first-order chi connectivity index (χ1) is 8.42. The number of H-pyrrole nitrogens is 2. The lowest BCUT2D eigenvalue weighted by molar-refractivity contribution is -0.375. The van der Waals surface area contributed by atoms with Gasteiger partial charge >= 0.3 is 0 Å². The van der Waals surface area contributed by atoms with Gasteiger partial charge in [-0.2, -0.15) is 0 Å². The SMILES string of the molecule is [Br-].c1ccc2c(c1)[nH]c1cc3cc[nH+]cc3cc12. The largest absolute Gasteiger partial charge is 1.00 e. The van der Waals surface area contributed by atoms with E-state index < -0.39 is 0 Å². The monoisotopic (exact) mass is 298 g/mol. The van der Waals surface area contributed by atoms with E-state index >= 15 is 0 Å². The first-order valence-electron chi connectivity index (χ1n) is 5.72. The molecule has 0 saturated heterocycles. The Morgan fingerprint density at radius 1 is 0.833 bits per heavy atom. The normalized spacial score (nSPS) is 10.9. The van der Waals surface area contributed by atoms with E-state index in [0.717, 1.165) is 0 Å². The Labute approximate surface area is 114 Å². The van der Waals surface area contributed by atoms with Gasteiger partial charge in [-0.15, -0.1) is 0 Å². The molecule has 0 aliphatic heterocycles. The van der Waals surface area contributed by atoms with Crippen molar-refractivity contribution in [2.24, 2.45) is 0 Å². The van der Waals surface area contributed by atoms with E-state index in [0.29, 0.717) is 0 Å². The summed E-state index contributed by atoms with van der Waals surface area (Å²) in [6.07, 6.45) is 3.99. The molecule has 0 saturated carbocycles. The Hall–Kier alpha value is -1.87. The summed E-state index contributed by atoms with van der Waals surface area (Å²) in [5.41, 5.74) is 2.40. The molecule has 2 N–H and O–H groups in total. The van der Waals surface area contributed by atoms with Crippen LogP contribution in [0.1, 0.15) is 0 Å². The van der Waals surface area contributed by atoms with Crippen molar-refractivity contribution in [3.63, 3.8) is 0 Å². The van der Waals surface area contributed by atoms with E-state index in [2.05, 4.69) is 52.4 Å². The maximum absolute atomic E-state index is 3.46. The molecule has 4 aromatic rings. The third kappa shape index (κ3) is 1.51. The van der Waals surface area contributed by atoms with Crippen molar-refractivity contribution in [1.29, 1.82) is 0 Å². The second kappa shape index (κ2) is 4.10. The lowest BCUT2D eigenvalue weighted by atomic mass is 10.1. The molecule has 0 bridgehead atoms. The molecule has 88 valence electrons. The minimum atomic E-state index is 0. The molecule has 0 unspecified atom stereocenters. The number of aromatic nitrogens is 2. The fourth-order valence-corrected chi connectivity index (χ4v) is 2.48. The summed E-state index contributed by atoms with van der Waals surface area (Å²) in [6, 6.07) is 15.0. The van der Waals surface area contributed by atoms with Crippen LogP contribution in [0.3, 0.4) is 0 Å². The van der Waals surface area contributed by atoms with Crippen LogP contribution in [0.25, 0.3) is 32.6 Å². The number of pyridine rings is 1. The summed E-state index contributed by atoms with van der Waals surface area (Å²) >= 11 is 0. The Balaban J connectivity index is 0.000001000. The number of fused-ring (bicyclic) bond motifs is 4. The number of nitrogens with one attached hydrogen (secondary N) is 2. The van der Waals surface area contributed by atoms with Gasteiger partial charge in [-0.05, 0) is 23.6 Å². The molecule has 4 rings (SSSR count). The third-order valence-corrected chi connectivity index (χ3v) is 3.31. The molecule has 0 aliphatic rings. The molecular formula is C15H11BrN2. The topological polar surface area (TPSA) is 29.9 Å². The van der Waals surface area contributed by atoms with Crippen molar-refractivity contribution < 1.29 is 22.0 Å². The van der Waals surface area contributed by atoms with Gasteiger partial charge in [-0.1, -0.05) is 18.2 Å². The molecule has 0 fully saturated rings. The number of para-hydroxylation sites is 1. The fraction of sp³-hybridized carbons (Fsp3) is 0. The van der Waals surface area contributed by atoms with Gasteiger partial charge < -0.3 is 22.0 Å². The highest BCUT2D eigenvalue weighted by molar-refractivity contribution is 6.11. The number of hydrogen-bond donors (Lipinski definition) is 1. The van der Waals surface area contributed by atoms with Gasteiger partial charge in [0.2, 0.25) is 0 Å². The number of rotatable bonds is 0. The predicted octanol–water partition coefficient (Wildman–Crippen LogP) is 0.292. The number of benzene rings is 2. The summed E-state index contributed by atoms with van der Waals surface area (Å²) in [5, 5.41) is 5.06. The maximum Gasteiger partial charge on any atom is 0.174 e. The highest BCUT2D eigenvalue weighted by atomic mass is 79.9. The van der Waals surface area contributed by atoms with Gasteiger partial charge in [0.1, 0.15) is 0 Å². The second-order valence-electron chi connectivity index (χ2n) is 4.34. The van der Waals surface area contributed by atoms with Crippen molar-refractivity contribution in [3.8, 4) is 0 Å². The van der Waals surface area contributed by atoms with Crippen molar-refractivity contribution >= 4 is 32.6 Å². The van der Waals surface area contributed by atoms with Gasteiger partial charge in [-0.25, -0.2) is 4.98 Å². The highest BCUT2D eigenvalue weighted by Crippen LogP contribution is 2.28. The third-order valence-electron chi connectivity index (χ3n) is 3.31. The highest BCUT2D eigenvalue weighted by Gasteiger charge is 2.05. The Morgan fingerprint density at radius 3 is 2.67 bits per heavy atom. The van der Waals surface area contributed by atoms with Crippen LogP contribution in [0, 0.1) is 0 Å². The van der Waals surface area contributed by atoms with E-state index in [9.17, 15) is 0 Å². The second-order valence-corrected chi connectivity index (χ2v) is 4.34. The van der Waals surface area contributed by atoms with E-state index in [1.807, 2.05) is 12.4 Å². The molecular weight excluding hydrogens is 288 g/mol. The quantitative estimate of drug-likeness (QED) is 0.484. The lowest BCUT2D eigenvalue weighted by Gasteiger charge is -1.94. The van der Waals surface area contributed by atoms with Crippen molar-refractivity contribution in [1.82, 2.24) is 4.98 Å². The Morgan fingerprint density at radius 2 is 1.72 bits per heavy atom. The van der Waals surface area contributed by atoms with E-state index in [1.165, 1.54) is 32.6 Å². The molecule has 0 spiro atoms. The van der Waals surface area contributed by atoms with E-state index in [4.69, 9.17) is 0 Å². The van der Waals surface area contributed by atoms with Crippen LogP contribution in [0.2, 0.25) is 0 Å². The summed E-state index contributed by atoms with van der Waals surface area (Å²) in [7, 11) is 0. The van der Waals surface area contributed by atoms with Crippen molar-refractivity contribution in [2.75, 3.05) is 0 Å². The summed E-state index contributed by atoms with van der Waals surface area (Å²) in [6.45, 7) is 0. The van der Waals surface area contributed by atoms with Gasteiger partial charge in [0.25, 0.3) is 0 Å². The molecule has 2 nitrogen and oxygen atoms in total. The van der Waals surface area contributed by atoms with Crippen molar-refractivity contribution in [3.05, 3.63) is 54.9 Å². The zero-order valence-corrected chi connectivity index (χ0v) is 11.2. The average molecular weight is 299 g/mol. The maximum atomic E-state index is 3.46. The molecule has 18 heavy (non-hydrogen) atoms. The molecule has 0 radical (unpaired) electrons. The summed E-state index contributed by atoms with van der Waals surface area (Å²) < 4.78 is 0. The molecule has 0 aliphatic carbocycles. The van der Waals surface area contributed by atoms with Gasteiger partial charge in [0.05, 0.1) is 0 Å². The molecule has 2 aromatic heterocycles. The molecule has 3 heteroatoms. The van der Waals surface area contributed by atoms with E-state index in [1.54, 1.807) is 0 Å². The van der Waals surface area contributed by atoms with Gasteiger partial charge in [0, 0.05) is 33.3 Å². The number of aromatic amines is 2. The van der Waals surface area contributed by atoms with Crippen LogP contribution in [-0.4, -0.2) is 4.98 Å². The molecule has 2 aromatic carbocycles. The molecule has 2 heterocycles. The average Bonchev–Trinajstić information content (AvgIpc) is 2.73. The first kappa shape index (κ1) is 11.2. The Kier molecular flexibility index (Phi) is 2.56. The fourth-order valence-electron chi connectivity index (χ4n) is 2.48. The van der Waals surface area contributed by atoms with Gasteiger partial charge in [-0.3, -0.25) is 0 Å². The standard InChI is InChI=1S/C15H10N2.BrH/c1-2-4-14-12(3-1)13-7-11-9-16-6-5-10(11)8-15(13)17-14;/h1-9,17H;1H.